The highest BCUT2D eigenvalue weighted by atomic mass is 16.5. The van der Waals surface area contributed by atoms with E-state index < -0.39 is 0 Å². The molecule has 1 saturated carbocycles. The predicted octanol–water partition coefficient (Wildman–Crippen LogP) is 2.66. The third-order valence-corrected chi connectivity index (χ3v) is 5.02. The number of nitrogens with one attached hydrogen (secondary N) is 2. The van der Waals surface area contributed by atoms with Gasteiger partial charge < -0.3 is 15.4 Å². The lowest BCUT2D eigenvalue weighted by molar-refractivity contribution is -0.177. The van der Waals surface area contributed by atoms with Crippen LogP contribution < -0.4 is 10.6 Å². The Hall–Kier alpha value is -1.55. The maximum Gasteiger partial charge on any atom is 0.253 e. The fourth-order valence-electron chi connectivity index (χ4n) is 2.86. The number of methoxy groups -OCH3 is 1. The zero-order chi connectivity index (χ0) is 15.0. The lowest BCUT2D eigenvalue weighted by Gasteiger charge is -2.59. The second-order valence-electron chi connectivity index (χ2n) is 6.18. The molecule has 0 radical (unpaired) electrons. The summed E-state index contributed by atoms with van der Waals surface area (Å²) in [6, 6.07) is 7.66. The van der Waals surface area contributed by atoms with Gasteiger partial charge in [0.1, 0.15) is 0 Å². The Kier molecular flexibility index (Phi) is 3.78. The number of para-hydroxylation sites is 1. The molecule has 0 aliphatic heterocycles. The number of hydrogen-bond donors (Lipinski definition) is 2. The van der Waals surface area contributed by atoms with Gasteiger partial charge >= 0.3 is 0 Å². The fourth-order valence-corrected chi connectivity index (χ4v) is 2.86. The van der Waals surface area contributed by atoms with Crippen molar-refractivity contribution in [3.05, 3.63) is 29.8 Å². The number of carbonyl (C=O) groups is 1. The summed E-state index contributed by atoms with van der Waals surface area (Å²) in [6.45, 7) is 6.36. The first-order valence-electron chi connectivity index (χ1n) is 6.98. The van der Waals surface area contributed by atoms with E-state index in [2.05, 4.69) is 31.4 Å². The van der Waals surface area contributed by atoms with Gasteiger partial charge in [0.2, 0.25) is 0 Å². The van der Waals surface area contributed by atoms with Crippen LogP contribution in [0.15, 0.2) is 24.3 Å². The van der Waals surface area contributed by atoms with Gasteiger partial charge in [-0.2, -0.15) is 0 Å². The molecule has 1 aromatic rings. The van der Waals surface area contributed by atoms with Gasteiger partial charge in [-0.3, -0.25) is 4.79 Å². The number of benzene rings is 1. The van der Waals surface area contributed by atoms with E-state index in [-0.39, 0.29) is 23.0 Å². The van der Waals surface area contributed by atoms with E-state index in [1.807, 2.05) is 31.3 Å². The van der Waals surface area contributed by atoms with Crippen LogP contribution >= 0.6 is 0 Å². The molecule has 1 aromatic carbocycles. The van der Waals surface area contributed by atoms with Crippen LogP contribution in [0.3, 0.4) is 0 Å². The molecule has 1 aliphatic rings. The van der Waals surface area contributed by atoms with E-state index in [0.717, 1.165) is 12.1 Å². The molecule has 4 nitrogen and oxygen atoms in total. The number of carbonyl (C=O) groups excluding carboxylic acids is 1. The minimum absolute atomic E-state index is 0.0359. The summed E-state index contributed by atoms with van der Waals surface area (Å²) in [6.07, 6.45) is 0.837. The highest BCUT2D eigenvalue weighted by Gasteiger charge is 2.58. The summed E-state index contributed by atoms with van der Waals surface area (Å²) in [5.41, 5.74) is 1.27. The van der Waals surface area contributed by atoms with Crippen molar-refractivity contribution >= 4 is 11.6 Å². The summed E-state index contributed by atoms with van der Waals surface area (Å²) in [5.74, 6) is -0.0359. The van der Waals surface area contributed by atoms with Gasteiger partial charge in [-0.25, -0.2) is 0 Å². The molecular weight excluding hydrogens is 252 g/mol. The molecule has 0 aromatic heterocycles. The molecule has 0 saturated heterocycles. The molecule has 1 aliphatic carbocycles. The van der Waals surface area contributed by atoms with Gasteiger partial charge in [0.15, 0.2) is 0 Å². The Morgan fingerprint density at radius 3 is 2.50 bits per heavy atom. The van der Waals surface area contributed by atoms with Crippen molar-refractivity contribution in [2.24, 2.45) is 5.41 Å². The molecule has 20 heavy (non-hydrogen) atoms. The minimum atomic E-state index is -0.173. The van der Waals surface area contributed by atoms with E-state index in [4.69, 9.17) is 4.74 Å². The Bertz CT molecular complexity index is 513. The lowest BCUT2D eigenvalue weighted by atomic mass is 9.56. The van der Waals surface area contributed by atoms with E-state index >= 15 is 0 Å². The van der Waals surface area contributed by atoms with E-state index in [1.54, 1.807) is 7.11 Å². The molecule has 2 unspecified atom stereocenters. The number of ether oxygens (including phenoxy) is 1. The monoisotopic (exact) mass is 276 g/mol. The van der Waals surface area contributed by atoms with E-state index in [1.165, 1.54) is 0 Å². The Morgan fingerprint density at radius 2 is 1.95 bits per heavy atom. The van der Waals surface area contributed by atoms with Gasteiger partial charge in [0, 0.05) is 31.3 Å². The van der Waals surface area contributed by atoms with Gasteiger partial charge in [-0.1, -0.05) is 26.0 Å². The highest BCUT2D eigenvalue weighted by Crippen LogP contribution is 2.51. The van der Waals surface area contributed by atoms with Crippen LogP contribution in [-0.4, -0.2) is 31.7 Å². The maximum absolute atomic E-state index is 12.4. The number of anilines is 1. The van der Waals surface area contributed by atoms with Crippen LogP contribution in [0.25, 0.3) is 0 Å². The molecular formula is C16H24N2O2. The molecule has 0 heterocycles. The molecule has 110 valence electrons. The van der Waals surface area contributed by atoms with Crippen molar-refractivity contribution in [3.8, 4) is 0 Å². The summed E-state index contributed by atoms with van der Waals surface area (Å²) < 4.78 is 5.59. The van der Waals surface area contributed by atoms with E-state index in [0.29, 0.717) is 5.56 Å². The zero-order valence-electron chi connectivity index (χ0n) is 12.9. The van der Waals surface area contributed by atoms with Gasteiger partial charge in [0.25, 0.3) is 5.91 Å². The van der Waals surface area contributed by atoms with Crippen molar-refractivity contribution < 1.29 is 9.53 Å². The molecule has 0 spiro atoms. The summed E-state index contributed by atoms with van der Waals surface area (Å²) >= 11 is 0. The SMILES string of the molecule is CNc1ccccc1C(=O)NC1CC(C)(OC)C1(C)C. The van der Waals surface area contributed by atoms with Crippen LogP contribution in [0.4, 0.5) is 5.69 Å². The number of amides is 1. The molecule has 1 amide bonds. The summed E-state index contributed by atoms with van der Waals surface area (Å²) in [5, 5.41) is 6.18. The predicted molar refractivity (Wildman–Crippen MR) is 81.1 cm³/mol. The molecule has 1 fully saturated rings. The lowest BCUT2D eigenvalue weighted by Crippen LogP contribution is -2.68. The topological polar surface area (TPSA) is 50.4 Å². The quantitative estimate of drug-likeness (QED) is 0.889. The third-order valence-electron chi connectivity index (χ3n) is 5.02. The van der Waals surface area contributed by atoms with Gasteiger partial charge in [-0.05, 0) is 25.5 Å². The summed E-state index contributed by atoms with van der Waals surface area (Å²) in [4.78, 5) is 12.4. The van der Waals surface area contributed by atoms with Crippen molar-refractivity contribution in [1.29, 1.82) is 0 Å². The summed E-state index contributed by atoms with van der Waals surface area (Å²) in [7, 11) is 3.55. The average molecular weight is 276 g/mol. The largest absolute Gasteiger partial charge is 0.387 e. The molecule has 4 heteroatoms. The normalized spacial score (nSPS) is 27.6. The number of rotatable bonds is 4. The minimum Gasteiger partial charge on any atom is -0.387 e. The standard InChI is InChI=1S/C16H24N2O2/c1-15(2)13(10-16(15,3)20-5)18-14(19)11-8-6-7-9-12(11)17-4/h6-9,13,17H,10H2,1-5H3,(H,18,19). The Balaban J connectivity index is 2.11. The van der Waals surface area contributed by atoms with Crippen LogP contribution in [-0.2, 0) is 4.74 Å². The molecule has 0 bridgehead atoms. The van der Waals surface area contributed by atoms with Crippen molar-refractivity contribution in [3.63, 3.8) is 0 Å². The van der Waals surface area contributed by atoms with Crippen molar-refractivity contribution in [2.75, 3.05) is 19.5 Å². The van der Waals surface area contributed by atoms with Crippen molar-refractivity contribution in [1.82, 2.24) is 5.32 Å². The van der Waals surface area contributed by atoms with E-state index in [9.17, 15) is 4.79 Å². The maximum atomic E-state index is 12.4. The van der Waals surface area contributed by atoms with Crippen LogP contribution in [0, 0.1) is 5.41 Å². The Morgan fingerprint density at radius 1 is 1.30 bits per heavy atom. The average Bonchev–Trinajstić information content (AvgIpc) is 2.46. The smallest absolute Gasteiger partial charge is 0.253 e. The second-order valence-corrected chi connectivity index (χ2v) is 6.18. The van der Waals surface area contributed by atoms with Crippen LogP contribution in [0.1, 0.15) is 37.6 Å². The van der Waals surface area contributed by atoms with Crippen molar-refractivity contribution in [2.45, 2.75) is 38.8 Å². The van der Waals surface area contributed by atoms with Crippen LogP contribution in [0.2, 0.25) is 0 Å². The molecule has 2 atom stereocenters. The molecule has 2 N–H and O–H groups in total. The van der Waals surface area contributed by atoms with Crippen LogP contribution in [0.5, 0.6) is 0 Å². The fraction of sp³-hybridized carbons (Fsp3) is 0.562. The second kappa shape index (κ2) is 5.09. The van der Waals surface area contributed by atoms with Gasteiger partial charge in [-0.15, -0.1) is 0 Å². The first-order chi connectivity index (χ1) is 9.35. The first kappa shape index (κ1) is 14.9. The zero-order valence-corrected chi connectivity index (χ0v) is 12.9. The first-order valence-corrected chi connectivity index (χ1v) is 6.98. The molecule has 2 rings (SSSR count). The Labute approximate surface area is 120 Å². The highest BCUT2D eigenvalue weighted by molar-refractivity contribution is 5.99. The van der Waals surface area contributed by atoms with Gasteiger partial charge in [0.05, 0.1) is 11.2 Å². The number of hydrogen-bond acceptors (Lipinski definition) is 3. The third kappa shape index (κ3) is 2.18.